The highest BCUT2D eigenvalue weighted by molar-refractivity contribution is 5.83. The molecule has 9 heteroatoms. The van der Waals surface area contributed by atoms with Crippen LogP contribution in [0.25, 0.3) is 0 Å². The van der Waals surface area contributed by atoms with Crippen molar-refractivity contribution in [2.75, 3.05) is 34.4 Å². The van der Waals surface area contributed by atoms with Gasteiger partial charge < -0.3 is 25.4 Å². The predicted molar refractivity (Wildman–Crippen MR) is 92.3 cm³/mol. The summed E-state index contributed by atoms with van der Waals surface area (Å²) < 4.78 is 9.49. The fraction of sp³-hybridized carbons (Fsp3) is 0.733. The third-order valence-corrected chi connectivity index (χ3v) is 2.34. The van der Waals surface area contributed by atoms with Gasteiger partial charge in [-0.25, -0.2) is 0 Å². The fourth-order valence-electron chi connectivity index (χ4n) is 1.08. The van der Waals surface area contributed by atoms with Crippen molar-refractivity contribution in [3.63, 3.8) is 0 Å². The molecule has 144 valence electrons. The Bertz CT molecular complexity index is 350. The van der Waals surface area contributed by atoms with Crippen molar-refractivity contribution in [3.05, 3.63) is 0 Å². The van der Waals surface area contributed by atoms with Crippen LogP contribution in [0.2, 0.25) is 0 Å². The Morgan fingerprint density at radius 3 is 1.92 bits per heavy atom. The van der Waals surface area contributed by atoms with E-state index in [1.165, 1.54) is 21.1 Å². The largest absolute Gasteiger partial charge is 0.460 e. The van der Waals surface area contributed by atoms with Crippen LogP contribution in [-0.2, 0) is 28.7 Å². The number of methoxy groups -OCH3 is 1. The molecule has 0 rings (SSSR count). The third-order valence-electron chi connectivity index (χ3n) is 2.34. The highest BCUT2D eigenvalue weighted by Gasteiger charge is 2.11. The zero-order valence-electron chi connectivity index (χ0n) is 13.4. The van der Waals surface area contributed by atoms with E-state index >= 15 is 0 Å². The first kappa shape index (κ1) is 29.8. The van der Waals surface area contributed by atoms with Gasteiger partial charge in [-0.3, -0.25) is 19.2 Å². The molecule has 0 bridgehead atoms. The van der Waals surface area contributed by atoms with Crippen molar-refractivity contribution in [2.45, 2.75) is 40.7 Å². The molecule has 0 aliphatic carbocycles. The molecule has 3 N–H and O–H groups in total. The summed E-state index contributed by atoms with van der Waals surface area (Å²) in [5.41, 5.74) is 0. The first-order valence-corrected chi connectivity index (χ1v) is 6.64. The summed E-state index contributed by atoms with van der Waals surface area (Å²) in [6.07, 6.45) is -0.284. The third kappa shape index (κ3) is 22.1. The van der Waals surface area contributed by atoms with Crippen molar-refractivity contribution < 1.29 is 28.7 Å². The van der Waals surface area contributed by atoms with Gasteiger partial charge in [0.15, 0.2) is 0 Å². The van der Waals surface area contributed by atoms with E-state index in [1.54, 1.807) is 7.05 Å². The highest BCUT2D eigenvalue weighted by Crippen LogP contribution is 1.92. The van der Waals surface area contributed by atoms with E-state index < -0.39 is 6.10 Å². The number of hydrogen-bond donors (Lipinski definition) is 3. The molecule has 0 aromatic carbocycles. The lowest BCUT2D eigenvalue weighted by Crippen LogP contribution is -2.36. The molecule has 9 nitrogen and oxygen atoms in total. The van der Waals surface area contributed by atoms with E-state index in [9.17, 15) is 19.2 Å². The first-order valence-electron chi connectivity index (χ1n) is 6.64. The number of carbonyl (C=O) groups is 4. The maximum atomic E-state index is 11.3. The lowest BCUT2D eigenvalue weighted by molar-refractivity contribution is -0.137. The van der Waals surface area contributed by atoms with Crippen LogP contribution in [0.5, 0.6) is 0 Å². The fourth-order valence-corrected chi connectivity index (χ4v) is 1.08. The van der Waals surface area contributed by atoms with E-state index in [2.05, 4.69) is 20.7 Å². The number of carbonyl (C=O) groups excluding carboxylic acids is 4. The minimum atomic E-state index is -0.513. The first-order chi connectivity index (χ1) is 10.4. The molecular weight excluding hydrogens is 318 g/mol. The van der Waals surface area contributed by atoms with Crippen LogP contribution in [-0.4, -0.2) is 64.7 Å². The summed E-state index contributed by atoms with van der Waals surface area (Å²) in [7, 11) is 4.57. The number of nitrogens with one attached hydrogen (secondary N) is 3. The van der Waals surface area contributed by atoms with Crippen LogP contribution < -0.4 is 16.0 Å². The van der Waals surface area contributed by atoms with Gasteiger partial charge in [0.2, 0.25) is 17.7 Å². The van der Waals surface area contributed by atoms with Gasteiger partial charge >= 0.3 is 0 Å². The second kappa shape index (κ2) is 20.8. The van der Waals surface area contributed by atoms with Crippen molar-refractivity contribution in [1.82, 2.24) is 16.0 Å². The molecule has 0 saturated heterocycles. The summed E-state index contributed by atoms with van der Waals surface area (Å²) in [5, 5.41) is 7.35. The van der Waals surface area contributed by atoms with Crippen molar-refractivity contribution in [3.8, 4) is 0 Å². The topological polar surface area (TPSA) is 123 Å². The molecular formula is C15H33N3O6. The molecule has 3 amide bonds. The van der Waals surface area contributed by atoms with Crippen molar-refractivity contribution in [2.24, 2.45) is 0 Å². The Balaban J connectivity index is -0.000000250. The van der Waals surface area contributed by atoms with Crippen LogP contribution in [0, 0.1) is 0 Å². The smallest absolute Gasteiger partial charge is 0.293 e. The molecule has 0 fully saturated rings. The summed E-state index contributed by atoms with van der Waals surface area (Å²) in [5.74, 6) is -0.466. The maximum Gasteiger partial charge on any atom is 0.293 e. The van der Waals surface area contributed by atoms with E-state index in [0.29, 0.717) is 6.47 Å². The number of amides is 3. The van der Waals surface area contributed by atoms with Crippen LogP contribution in [0.3, 0.4) is 0 Å². The summed E-state index contributed by atoms with van der Waals surface area (Å²) in [6.45, 7) is 2.15. The maximum absolute atomic E-state index is 11.3. The molecule has 0 aliphatic rings. The molecule has 0 heterocycles. The molecule has 1 unspecified atom stereocenters. The zero-order valence-corrected chi connectivity index (χ0v) is 13.4. The van der Waals surface area contributed by atoms with Crippen LogP contribution >= 0.6 is 0 Å². The van der Waals surface area contributed by atoms with Crippen LogP contribution in [0.15, 0.2) is 0 Å². The van der Waals surface area contributed by atoms with Gasteiger partial charge in [0.05, 0.1) is 13.2 Å². The van der Waals surface area contributed by atoms with Gasteiger partial charge in [0.1, 0.15) is 6.10 Å². The highest BCUT2D eigenvalue weighted by atomic mass is 16.6. The minimum Gasteiger partial charge on any atom is -0.460 e. The molecule has 0 aromatic heterocycles. The summed E-state index contributed by atoms with van der Waals surface area (Å²) in [4.78, 5) is 42.0. The molecule has 0 aliphatic heterocycles. The lowest BCUT2D eigenvalue weighted by Gasteiger charge is -2.14. The zero-order chi connectivity index (χ0) is 17.4. The minimum absolute atomic E-state index is 0. The predicted octanol–water partition coefficient (Wildman–Crippen LogP) is -0.159. The Morgan fingerprint density at radius 1 is 1.04 bits per heavy atom. The average Bonchev–Trinajstić information content (AvgIpc) is 2.51. The van der Waals surface area contributed by atoms with Gasteiger partial charge in [-0.1, -0.05) is 14.9 Å². The van der Waals surface area contributed by atoms with Gasteiger partial charge in [-0.05, 0) is 0 Å². The standard InChI is InChI=1S/C10H18N2O5.C3H7NO.2CH4/c1-11-9(14)3-4-10(15)12-5-8(6-16-2)17-7-13;1-3(5)4-2;;/h7-8H,3-6H2,1-2H3,(H,11,14)(H,12,15);1-2H3,(H,4,5);2*1H4. The van der Waals surface area contributed by atoms with Gasteiger partial charge in [-0.15, -0.1) is 0 Å². The van der Waals surface area contributed by atoms with Gasteiger partial charge in [0, 0.05) is 41.0 Å². The Labute approximate surface area is 144 Å². The number of rotatable bonds is 9. The van der Waals surface area contributed by atoms with E-state index in [4.69, 9.17) is 4.74 Å². The van der Waals surface area contributed by atoms with Crippen molar-refractivity contribution >= 4 is 24.2 Å². The van der Waals surface area contributed by atoms with E-state index in [1.807, 2.05) is 0 Å². The number of ether oxygens (including phenoxy) is 2. The normalized spacial score (nSPS) is 9.50. The summed E-state index contributed by atoms with van der Waals surface area (Å²) in [6, 6.07) is 0. The second-order valence-electron chi connectivity index (χ2n) is 4.09. The SMILES string of the molecule is C.C.CNC(=O)CCC(=O)NCC(COC)OC=O.CNC(C)=O. The molecule has 24 heavy (non-hydrogen) atoms. The summed E-state index contributed by atoms with van der Waals surface area (Å²) >= 11 is 0. The monoisotopic (exact) mass is 351 g/mol. The average molecular weight is 351 g/mol. The second-order valence-corrected chi connectivity index (χ2v) is 4.09. The Morgan fingerprint density at radius 2 is 1.54 bits per heavy atom. The number of hydrogen-bond acceptors (Lipinski definition) is 6. The van der Waals surface area contributed by atoms with Crippen molar-refractivity contribution in [1.29, 1.82) is 0 Å². The van der Waals surface area contributed by atoms with Crippen LogP contribution in [0.1, 0.15) is 34.6 Å². The quantitative estimate of drug-likeness (QED) is 0.496. The van der Waals surface area contributed by atoms with E-state index in [-0.39, 0.29) is 58.6 Å². The molecule has 0 spiro atoms. The Kier molecular flexibility index (Phi) is 25.9. The van der Waals surface area contributed by atoms with Gasteiger partial charge in [-0.2, -0.15) is 0 Å². The van der Waals surface area contributed by atoms with Gasteiger partial charge in [0.25, 0.3) is 6.47 Å². The molecule has 0 aromatic rings. The molecule has 0 saturated carbocycles. The van der Waals surface area contributed by atoms with E-state index in [0.717, 1.165) is 0 Å². The molecule has 1 atom stereocenters. The lowest BCUT2D eigenvalue weighted by atomic mass is 10.2. The van der Waals surface area contributed by atoms with Crippen LogP contribution in [0.4, 0.5) is 0 Å². The molecule has 0 radical (unpaired) electrons. The Hall–Kier alpha value is -2.16.